The van der Waals surface area contributed by atoms with E-state index >= 15 is 0 Å². The van der Waals surface area contributed by atoms with Crippen LogP contribution in [0.25, 0.3) is 0 Å². The van der Waals surface area contributed by atoms with Crippen LogP contribution in [0.15, 0.2) is 54.7 Å². The summed E-state index contributed by atoms with van der Waals surface area (Å²) in [6.45, 7) is 5.94. The maximum atomic E-state index is 11.8. The molecule has 1 aromatic carbocycles. The Morgan fingerprint density at radius 3 is 2.61 bits per heavy atom. The average Bonchev–Trinajstić information content (AvgIpc) is 3.28. The van der Waals surface area contributed by atoms with Crippen LogP contribution in [0.2, 0.25) is 0 Å². The van der Waals surface area contributed by atoms with Gasteiger partial charge in [-0.1, -0.05) is 13.0 Å². The number of carbonyl (C=O) groups is 1. The molecule has 1 aliphatic heterocycles. The third-order valence-corrected chi connectivity index (χ3v) is 6.21. The molecule has 31 heavy (non-hydrogen) atoms. The number of anilines is 2. The molecule has 0 spiro atoms. The molecule has 3 heterocycles. The first-order chi connectivity index (χ1) is 14.9. The Bertz CT molecular complexity index is 1120. The standard InChI is InChI=1S/C24H27N5OS/c1-5-21(30)26-18-11-10-17(14-15(18)2)29-23(20-12-9-16(3)28(20)4)22(27-24(29)31)19-8-6-7-13-25-19/h6-14,22-23H,5H2,1-4H3,(H,26,30)(H,27,31)/t22-,23+/m1/s1. The molecule has 0 radical (unpaired) electrons. The lowest BCUT2D eigenvalue weighted by atomic mass is 10.0. The van der Waals surface area contributed by atoms with Crippen molar-refractivity contribution in [3.63, 3.8) is 0 Å². The summed E-state index contributed by atoms with van der Waals surface area (Å²) in [5.74, 6) is 0.00147. The number of aryl methyl sites for hydroxylation is 2. The summed E-state index contributed by atoms with van der Waals surface area (Å²) in [6, 6.07) is 16.1. The molecule has 0 unspecified atom stereocenters. The Labute approximate surface area is 188 Å². The van der Waals surface area contributed by atoms with Gasteiger partial charge in [-0.3, -0.25) is 9.78 Å². The summed E-state index contributed by atoms with van der Waals surface area (Å²) in [5.41, 5.74) is 6.07. The first-order valence-corrected chi connectivity index (χ1v) is 10.8. The number of nitrogens with one attached hydrogen (secondary N) is 2. The van der Waals surface area contributed by atoms with Crippen LogP contribution in [0.3, 0.4) is 0 Å². The van der Waals surface area contributed by atoms with Gasteiger partial charge < -0.3 is 20.1 Å². The van der Waals surface area contributed by atoms with Crippen LogP contribution in [0.4, 0.5) is 11.4 Å². The van der Waals surface area contributed by atoms with Crippen LogP contribution in [-0.2, 0) is 11.8 Å². The number of rotatable bonds is 5. The minimum atomic E-state index is -0.0820. The number of pyridine rings is 1. The minimum absolute atomic E-state index is 0.00147. The van der Waals surface area contributed by atoms with Crippen molar-refractivity contribution < 1.29 is 4.79 Å². The van der Waals surface area contributed by atoms with Gasteiger partial charge in [-0.25, -0.2) is 0 Å². The van der Waals surface area contributed by atoms with Crippen LogP contribution in [0.5, 0.6) is 0 Å². The van der Waals surface area contributed by atoms with Crippen LogP contribution < -0.4 is 15.5 Å². The Balaban J connectivity index is 1.78. The van der Waals surface area contributed by atoms with E-state index in [0.717, 1.165) is 28.3 Å². The predicted octanol–water partition coefficient (Wildman–Crippen LogP) is 4.56. The fourth-order valence-electron chi connectivity index (χ4n) is 4.04. The van der Waals surface area contributed by atoms with Gasteiger partial charge in [0.1, 0.15) is 6.04 Å². The largest absolute Gasteiger partial charge is 0.351 e. The normalized spacial score (nSPS) is 18.2. The molecule has 3 aromatic rings. The highest BCUT2D eigenvalue weighted by Gasteiger charge is 2.42. The molecule has 6 nitrogen and oxygen atoms in total. The summed E-state index contributed by atoms with van der Waals surface area (Å²) in [5, 5.41) is 7.11. The minimum Gasteiger partial charge on any atom is -0.351 e. The number of hydrogen-bond acceptors (Lipinski definition) is 3. The maximum absolute atomic E-state index is 11.8. The number of thiocarbonyl (C=S) groups is 1. The van der Waals surface area contributed by atoms with Crippen LogP contribution in [0.1, 0.15) is 48.1 Å². The lowest BCUT2D eigenvalue weighted by Gasteiger charge is -2.29. The second-order valence-electron chi connectivity index (χ2n) is 7.86. The summed E-state index contributed by atoms with van der Waals surface area (Å²) < 4.78 is 2.20. The molecule has 7 heteroatoms. The SMILES string of the molecule is CCC(=O)Nc1ccc(N2C(=S)N[C@H](c3ccccn3)[C@@H]2c2ccc(C)n2C)cc1C. The zero-order chi connectivity index (χ0) is 22.1. The van der Waals surface area contributed by atoms with E-state index in [1.165, 1.54) is 5.69 Å². The van der Waals surface area contributed by atoms with Crippen molar-refractivity contribution in [1.29, 1.82) is 0 Å². The number of carbonyl (C=O) groups excluding carboxylic acids is 1. The molecule has 2 N–H and O–H groups in total. The molecule has 1 saturated heterocycles. The number of hydrogen-bond donors (Lipinski definition) is 2. The average molecular weight is 434 g/mol. The van der Waals surface area contributed by atoms with E-state index in [1.54, 1.807) is 0 Å². The molecule has 1 aliphatic rings. The van der Waals surface area contributed by atoms with E-state index in [4.69, 9.17) is 12.2 Å². The van der Waals surface area contributed by atoms with E-state index in [0.29, 0.717) is 11.5 Å². The van der Waals surface area contributed by atoms with Crippen molar-refractivity contribution in [1.82, 2.24) is 14.9 Å². The van der Waals surface area contributed by atoms with Crippen molar-refractivity contribution in [2.24, 2.45) is 7.05 Å². The summed E-state index contributed by atoms with van der Waals surface area (Å²) >= 11 is 5.80. The van der Waals surface area contributed by atoms with E-state index in [2.05, 4.69) is 57.3 Å². The van der Waals surface area contributed by atoms with Crippen LogP contribution in [-0.4, -0.2) is 20.6 Å². The van der Waals surface area contributed by atoms with Gasteiger partial charge in [0.05, 0.1) is 11.7 Å². The Kier molecular flexibility index (Phi) is 5.78. The van der Waals surface area contributed by atoms with Gasteiger partial charge in [0.25, 0.3) is 0 Å². The molecule has 160 valence electrons. The monoisotopic (exact) mass is 433 g/mol. The molecule has 0 saturated carbocycles. The maximum Gasteiger partial charge on any atom is 0.224 e. The van der Waals surface area contributed by atoms with Crippen molar-refractivity contribution in [2.45, 2.75) is 39.3 Å². The van der Waals surface area contributed by atoms with Gasteiger partial charge in [-0.15, -0.1) is 0 Å². The van der Waals surface area contributed by atoms with Gasteiger partial charge in [-0.05, 0) is 74.1 Å². The molecule has 1 fully saturated rings. The molecule has 0 aliphatic carbocycles. The highest BCUT2D eigenvalue weighted by Crippen LogP contribution is 2.42. The number of benzene rings is 1. The lowest BCUT2D eigenvalue weighted by Crippen LogP contribution is -2.30. The summed E-state index contributed by atoms with van der Waals surface area (Å²) in [4.78, 5) is 18.6. The lowest BCUT2D eigenvalue weighted by molar-refractivity contribution is -0.115. The highest BCUT2D eigenvalue weighted by molar-refractivity contribution is 7.80. The molecular weight excluding hydrogens is 406 g/mol. The Hall–Kier alpha value is -3.19. The summed E-state index contributed by atoms with van der Waals surface area (Å²) in [7, 11) is 2.08. The van der Waals surface area contributed by atoms with Crippen molar-refractivity contribution in [2.75, 3.05) is 10.2 Å². The molecule has 2 atom stereocenters. The Morgan fingerprint density at radius 2 is 2.00 bits per heavy atom. The first-order valence-electron chi connectivity index (χ1n) is 10.4. The van der Waals surface area contributed by atoms with Crippen molar-refractivity contribution in [3.05, 3.63) is 77.4 Å². The third kappa shape index (κ3) is 3.93. The van der Waals surface area contributed by atoms with Gasteiger partial charge >= 0.3 is 0 Å². The predicted molar refractivity (Wildman–Crippen MR) is 128 cm³/mol. The topological polar surface area (TPSA) is 62.2 Å². The van der Waals surface area contributed by atoms with Gasteiger partial charge in [0, 0.05) is 42.4 Å². The Morgan fingerprint density at radius 1 is 1.19 bits per heavy atom. The first kappa shape index (κ1) is 21.1. The zero-order valence-electron chi connectivity index (χ0n) is 18.2. The molecular formula is C24H27N5OS. The summed E-state index contributed by atoms with van der Waals surface area (Å²) in [6.07, 6.45) is 2.26. The van der Waals surface area contributed by atoms with Gasteiger partial charge in [0.2, 0.25) is 5.91 Å². The van der Waals surface area contributed by atoms with E-state index in [9.17, 15) is 4.79 Å². The molecule has 2 aromatic heterocycles. The van der Waals surface area contributed by atoms with Gasteiger partial charge in [0.15, 0.2) is 5.11 Å². The fraction of sp³-hybridized carbons (Fsp3) is 0.292. The fourth-order valence-corrected chi connectivity index (χ4v) is 4.39. The number of amides is 1. The van der Waals surface area contributed by atoms with Crippen LogP contribution >= 0.6 is 12.2 Å². The quantitative estimate of drug-likeness (QED) is 0.578. The second kappa shape index (κ2) is 8.51. The smallest absolute Gasteiger partial charge is 0.224 e. The van der Waals surface area contributed by atoms with Gasteiger partial charge in [-0.2, -0.15) is 0 Å². The molecule has 1 amide bonds. The third-order valence-electron chi connectivity index (χ3n) is 5.90. The molecule has 4 rings (SSSR count). The second-order valence-corrected chi connectivity index (χ2v) is 8.24. The number of nitrogens with zero attached hydrogens (tertiary/aromatic N) is 3. The molecule has 0 bridgehead atoms. The number of aromatic nitrogens is 2. The zero-order valence-corrected chi connectivity index (χ0v) is 19.0. The van der Waals surface area contributed by atoms with Crippen LogP contribution in [0, 0.1) is 13.8 Å². The van der Waals surface area contributed by atoms with E-state index < -0.39 is 0 Å². The van der Waals surface area contributed by atoms with E-state index in [1.807, 2.05) is 50.4 Å². The highest BCUT2D eigenvalue weighted by atomic mass is 32.1. The van der Waals surface area contributed by atoms with E-state index in [-0.39, 0.29) is 18.0 Å². The van der Waals surface area contributed by atoms with Crippen molar-refractivity contribution >= 4 is 34.6 Å². The van der Waals surface area contributed by atoms with Crippen molar-refractivity contribution in [3.8, 4) is 0 Å².